The third-order valence-electron chi connectivity index (χ3n) is 2.53. The molecule has 0 saturated carbocycles. The molecule has 1 N–H and O–H groups in total. The normalized spacial score (nSPS) is 12.8. The Balaban J connectivity index is 2.64. The van der Waals surface area contributed by atoms with E-state index in [1.54, 1.807) is 0 Å². The van der Waals surface area contributed by atoms with Crippen LogP contribution in [0, 0.1) is 6.92 Å². The number of rotatable bonds is 5. The first-order chi connectivity index (χ1) is 6.77. The Hall–Kier alpha value is -0.820. The molecule has 0 spiro atoms. The van der Waals surface area contributed by atoms with E-state index in [2.05, 4.69) is 50.4 Å². The molecular formula is C13H21N. The molecule has 14 heavy (non-hydrogen) atoms. The van der Waals surface area contributed by atoms with E-state index in [0.717, 1.165) is 13.0 Å². The maximum atomic E-state index is 3.55. The van der Waals surface area contributed by atoms with Gasteiger partial charge in [0.05, 0.1) is 0 Å². The van der Waals surface area contributed by atoms with Crippen molar-refractivity contribution in [1.82, 2.24) is 5.32 Å². The first kappa shape index (κ1) is 11.3. The Morgan fingerprint density at radius 1 is 1.14 bits per heavy atom. The van der Waals surface area contributed by atoms with Gasteiger partial charge in [0.15, 0.2) is 0 Å². The second-order valence-electron chi connectivity index (χ2n) is 3.83. The minimum atomic E-state index is 0.524. The molecule has 0 aliphatic heterocycles. The quantitative estimate of drug-likeness (QED) is 0.751. The maximum Gasteiger partial charge on any atom is 0.0317 e. The highest BCUT2D eigenvalue weighted by Crippen LogP contribution is 2.16. The molecular weight excluding hydrogens is 170 g/mol. The van der Waals surface area contributed by atoms with Gasteiger partial charge in [0.1, 0.15) is 0 Å². The third kappa shape index (κ3) is 3.15. The topological polar surface area (TPSA) is 12.0 Å². The summed E-state index contributed by atoms with van der Waals surface area (Å²) in [7, 11) is 0. The molecule has 0 aromatic heterocycles. The fourth-order valence-corrected chi connectivity index (χ4v) is 1.62. The summed E-state index contributed by atoms with van der Waals surface area (Å²) in [5.74, 6) is 0. The first-order valence-electron chi connectivity index (χ1n) is 5.57. The molecule has 0 aliphatic rings. The van der Waals surface area contributed by atoms with Crippen molar-refractivity contribution < 1.29 is 0 Å². The predicted octanol–water partition coefficient (Wildman–Crippen LogP) is 3.45. The van der Waals surface area contributed by atoms with Gasteiger partial charge in [-0.05, 0) is 31.9 Å². The van der Waals surface area contributed by atoms with Crippen LogP contribution in [0.1, 0.15) is 43.9 Å². The van der Waals surface area contributed by atoms with Crippen LogP contribution < -0.4 is 5.32 Å². The number of nitrogens with one attached hydrogen (secondary N) is 1. The molecule has 0 fully saturated rings. The van der Waals surface area contributed by atoms with Gasteiger partial charge >= 0.3 is 0 Å². The summed E-state index contributed by atoms with van der Waals surface area (Å²) in [6.45, 7) is 7.67. The summed E-state index contributed by atoms with van der Waals surface area (Å²) in [6.07, 6.45) is 2.35. The van der Waals surface area contributed by atoms with Crippen LogP contribution in [0.25, 0.3) is 0 Å². The van der Waals surface area contributed by atoms with Crippen molar-refractivity contribution >= 4 is 0 Å². The monoisotopic (exact) mass is 191 g/mol. The van der Waals surface area contributed by atoms with Crippen molar-refractivity contribution in [2.24, 2.45) is 0 Å². The van der Waals surface area contributed by atoms with Crippen LogP contribution >= 0.6 is 0 Å². The molecule has 1 aromatic rings. The molecule has 0 saturated heterocycles. The smallest absolute Gasteiger partial charge is 0.0317 e. The van der Waals surface area contributed by atoms with Crippen molar-refractivity contribution in [2.45, 2.75) is 39.7 Å². The van der Waals surface area contributed by atoms with E-state index in [4.69, 9.17) is 0 Å². The van der Waals surface area contributed by atoms with Crippen LogP contribution in [0.5, 0.6) is 0 Å². The molecule has 0 heterocycles. The maximum absolute atomic E-state index is 3.55. The highest BCUT2D eigenvalue weighted by Gasteiger charge is 2.06. The molecule has 1 heteroatoms. The largest absolute Gasteiger partial charge is 0.310 e. The Morgan fingerprint density at radius 3 is 2.29 bits per heavy atom. The van der Waals surface area contributed by atoms with Gasteiger partial charge in [-0.2, -0.15) is 0 Å². The number of benzene rings is 1. The van der Waals surface area contributed by atoms with E-state index in [1.165, 1.54) is 17.5 Å². The fraction of sp³-hybridized carbons (Fsp3) is 0.538. The average molecular weight is 191 g/mol. The molecule has 0 aliphatic carbocycles. The van der Waals surface area contributed by atoms with Crippen molar-refractivity contribution in [1.29, 1.82) is 0 Å². The lowest BCUT2D eigenvalue weighted by molar-refractivity contribution is 0.518. The molecule has 1 unspecified atom stereocenters. The van der Waals surface area contributed by atoms with Gasteiger partial charge in [0.2, 0.25) is 0 Å². The van der Waals surface area contributed by atoms with Gasteiger partial charge in [0, 0.05) is 6.04 Å². The van der Waals surface area contributed by atoms with E-state index in [1.807, 2.05) is 0 Å². The Morgan fingerprint density at radius 2 is 1.79 bits per heavy atom. The van der Waals surface area contributed by atoms with Crippen LogP contribution in [0.3, 0.4) is 0 Å². The Kier molecular flexibility index (Phi) is 4.68. The molecule has 1 atom stereocenters. The van der Waals surface area contributed by atoms with Gasteiger partial charge in [-0.15, -0.1) is 0 Å². The number of aryl methyl sites for hydroxylation is 1. The zero-order valence-electron chi connectivity index (χ0n) is 9.51. The van der Waals surface area contributed by atoms with Crippen molar-refractivity contribution in [3.05, 3.63) is 35.4 Å². The number of hydrogen-bond acceptors (Lipinski definition) is 1. The minimum absolute atomic E-state index is 0.524. The van der Waals surface area contributed by atoms with Gasteiger partial charge in [0.25, 0.3) is 0 Å². The Bertz CT molecular complexity index is 250. The lowest BCUT2D eigenvalue weighted by Crippen LogP contribution is -2.21. The predicted molar refractivity (Wildman–Crippen MR) is 62.5 cm³/mol. The van der Waals surface area contributed by atoms with Crippen molar-refractivity contribution in [3.8, 4) is 0 Å². The summed E-state index contributed by atoms with van der Waals surface area (Å²) in [6, 6.07) is 9.35. The van der Waals surface area contributed by atoms with E-state index in [-0.39, 0.29) is 0 Å². The first-order valence-corrected chi connectivity index (χ1v) is 5.57. The zero-order valence-corrected chi connectivity index (χ0v) is 9.51. The van der Waals surface area contributed by atoms with Crippen LogP contribution in [-0.4, -0.2) is 6.54 Å². The van der Waals surface area contributed by atoms with Gasteiger partial charge in [-0.3, -0.25) is 0 Å². The van der Waals surface area contributed by atoms with Gasteiger partial charge in [-0.1, -0.05) is 43.7 Å². The molecule has 78 valence electrons. The molecule has 1 rings (SSSR count). The molecule has 1 nitrogen and oxygen atoms in total. The fourth-order valence-electron chi connectivity index (χ4n) is 1.62. The lowest BCUT2D eigenvalue weighted by Gasteiger charge is -2.17. The Labute approximate surface area is 87.5 Å². The molecule has 0 bridgehead atoms. The van der Waals surface area contributed by atoms with Gasteiger partial charge in [-0.25, -0.2) is 0 Å². The van der Waals surface area contributed by atoms with E-state index in [9.17, 15) is 0 Å². The van der Waals surface area contributed by atoms with Crippen molar-refractivity contribution in [2.75, 3.05) is 6.54 Å². The van der Waals surface area contributed by atoms with Gasteiger partial charge < -0.3 is 5.32 Å². The van der Waals surface area contributed by atoms with Crippen LogP contribution in [-0.2, 0) is 0 Å². The van der Waals surface area contributed by atoms with E-state index >= 15 is 0 Å². The minimum Gasteiger partial charge on any atom is -0.310 e. The lowest BCUT2D eigenvalue weighted by atomic mass is 10.0. The summed E-state index contributed by atoms with van der Waals surface area (Å²) in [5, 5.41) is 3.55. The molecule has 1 aromatic carbocycles. The van der Waals surface area contributed by atoms with Crippen LogP contribution in [0.2, 0.25) is 0 Å². The SMILES string of the molecule is CCCNC(CC)c1ccc(C)cc1. The van der Waals surface area contributed by atoms with Crippen LogP contribution in [0.4, 0.5) is 0 Å². The summed E-state index contributed by atoms with van der Waals surface area (Å²) < 4.78 is 0. The third-order valence-corrected chi connectivity index (χ3v) is 2.53. The summed E-state index contributed by atoms with van der Waals surface area (Å²) in [5.41, 5.74) is 2.74. The van der Waals surface area contributed by atoms with Crippen molar-refractivity contribution in [3.63, 3.8) is 0 Å². The molecule has 0 amide bonds. The summed E-state index contributed by atoms with van der Waals surface area (Å²) >= 11 is 0. The van der Waals surface area contributed by atoms with E-state index < -0.39 is 0 Å². The van der Waals surface area contributed by atoms with E-state index in [0.29, 0.717) is 6.04 Å². The second-order valence-corrected chi connectivity index (χ2v) is 3.83. The second kappa shape index (κ2) is 5.82. The highest BCUT2D eigenvalue weighted by atomic mass is 14.9. The standard InChI is InChI=1S/C13H21N/c1-4-10-14-13(5-2)12-8-6-11(3)7-9-12/h6-9,13-14H,4-5,10H2,1-3H3. The molecule has 0 radical (unpaired) electrons. The average Bonchev–Trinajstić information content (AvgIpc) is 2.21. The zero-order chi connectivity index (χ0) is 10.4. The summed E-state index contributed by atoms with van der Waals surface area (Å²) in [4.78, 5) is 0. The highest BCUT2D eigenvalue weighted by molar-refractivity contribution is 5.23. The van der Waals surface area contributed by atoms with Crippen LogP contribution in [0.15, 0.2) is 24.3 Å². The number of hydrogen-bond donors (Lipinski definition) is 1.